The minimum Gasteiger partial charge on any atom is -0.366 e. The molecular weight excluding hydrogens is 388 g/mol. The van der Waals surface area contributed by atoms with Crippen molar-refractivity contribution < 1.29 is 9.59 Å². The smallest absolute Gasteiger partial charge is 0.282 e. The Morgan fingerprint density at radius 3 is 2.46 bits per heavy atom. The maximum absolute atomic E-state index is 13.1. The predicted octanol–water partition coefficient (Wildman–Crippen LogP) is 3.89. The molecule has 2 aliphatic heterocycles. The standard InChI is InChI=1S/C18H15BrN2O2S/c19-12-5-3-6-13(11-12)21-17(22)15(14-7-4-10-24-14)16(18(21)23)20-8-1-2-9-20/h3-7,10-11H,1-2,8-9H2. The van der Waals surface area contributed by atoms with Gasteiger partial charge in [0, 0.05) is 22.4 Å². The first-order valence-corrected chi connectivity index (χ1v) is 9.51. The first kappa shape index (κ1) is 15.6. The third-order valence-electron chi connectivity index (χ3n) is 4.32. The molecule has 1 aromatic carbocycles. The lowest BCUT2D eigenvalue weighted by Crippen LogP contribution is -2.34. The van der Waals surface area contributed by atoms with Gasteiger partial charge in [0.1, 0.15) is 5.70 Å². The van der Waals surface area contributed by atoms with Crippen molar-refractivity contribution in [1.82, 2.24) is 4.90 Å². The fourth-order valence-corrected chi connectivity index (χ4v) is 4.39. The lowest BCUT2D eigenvalue weighted by atomic mass is 10.2. The molecule has 0 radical (unpaired) electrons. The van der Waals surface area contributed by atoms with Gasteiger partial charge >= 0.3 is 0 Å². The third-order valence-corrected chi connectivity index (χ3v) is 5.70. The van der Waals surface area contributed by atoms with E-state index in [9.17, 15) is 9.59 Å². The average Bonchev–Trinajstić information content (AvgIpc) is 3.28. The van der Waals surface area contributed by atoms with Crippen LogP contribution in [0.1, 0.15) is 17.7 Å². The molecule has 4 nitrogen and oxygen atoms in total. The molecule has 24 heavy (non-hydrogen) atoms. The van der Waals surface area contributed by atoms with E-state index in [2.05, 4.69) is 20.8 Å². The molecular formula is C18H15BrN2O2S. The summed E-state index contributed by atoms with van der Waals surface area (Å²) in [6, 6.07) is 11.1. The summed E-state index contributed by atoms with van der Waals surface area (Å²) >= 11 is 4.91. The fraction of sp³-hybridized carbons (Fsp3) is 0.222. The SMILES string of the molecule is O=C1C(c2cccs2)=C(N2CCCC2)C(=O)N1c1cccc(Br)c1. The van der Waals surface area contributed by atoms with Gasteiger partial charge in [-0.3, -0.25) is 9.59 Å². The third kappa shape index (κ3) is 2.50. The van der Waals surface area contributed by atoms with Gasteiger partial charge in [0.25, 0.3) is 11.8 Å². The molecule has 0 saturated carbocycles. The summed E-state index contributed by atoms with van der Waals surface area (Å²) in [5.41, 5.74) is 1.69. The molecule has 0 atom stereocenters. The summed E-state index contributed by atoms with van der Waals surface area (Å²) < 4.78 is 0.841. The Bertz CT molecular complexity index is 838. The van der Waals surface area contributed by atoms with E-state index in [1.54, 1.807) is 12.1 Å². The topological polar surface area (TPSA) is 40.6 Å². The molecule has 1 fully saturated rings. The Kier molecular flexibility index (Phi) is 4.02. The molecule has 2 aromatic rings. The Balaban J connectivity index is 1.83. The van der Waals surface area contributed by atoms with Crippen LogP contribution >= 0.6 is 27.3 Å². The quantitative estimate of drug-likeness (QED) is 0.731. The number of carbonyl (C=O) groups excluding carboxylic acids is 2. The minimum atomic E-state index is -0.234. The second-order valence-electron chi connectivity index (χ2n) is 5.82. The van der Waals surface area contributed by atoms with Gasteiger partial charge in [-0.15, -0.1) is 11.3 Å². The number of carbonyl (C=O) groups is 2. The summed E-state index contributed by atoms with van der Waals surface area (Å²) in [6.07, 6.45) is 2.11. The molecule has 1 aromatic heterocycles. The lowest BCUT2D eigenvalue weighted by Gasteiger charge is -2.20. The second kappa shape index (κ2) is 6.18. The van der Waals surface area contributed by atoms with E-state index in [1.807, 2.05) is 29.6 Å². The zero-order valence-electron chi connectivity index (χ0n) is 12.9. The maximum Gasteiger partial charge on any atom is 0.282 e. The van der Waals surface area contributed by atoms with Crippen LogP contribution in [0.5, 0.6) is 0 Å². The summed E-state index contributed by atoms with van der Waals surface area (Å²) in [5.74, 6) is -0.453. The van der Waals surface area contributed by atoms with Crippen molar-refractivity contribution in [2.75, 3.05) is 18.0 Å². The molecule has 0 spiro atoms. The van der Waals surface area contributed by atoms with Gasteiger partial charge in [-0.1, -0.05) is 28.1 Å². The van der Waals surface area contributed by atoms with Crippen LogP contribution in [0.25, 0.3) is 5.57 Å². The van der Waals surface area contributed by atoms with Crippen molar-refractivity contribution in [3.8, 4) is 0 Å². The molecule has 0 unspecified atom stereocenters. The van der Waals surface area contributed by atoms with Crippen molar-refractivity contribution in [2.24, 2.45) is 0 Å². The Labute approximate surface area is 152 Å². The molecule has 3 heterocycles. The fourth-order valence-electron chi connectivity index (χ4n) is 3.24. The van der Waals surface area contributed by atoms with Crippen molar-refractivity contribution in [1.29, 1.82) is 0 Å². The number of rotatable bonds is 3. The number of halogens is 1. The maximum atomic E-state index is 13.1. The van der Waals surface area contributed by atoms with E-state index in [0.29, 0.717) is 17.0 Å². The van der Waals surface area contributed by atoms with Crippen LogP contribution in [0.15, 0.2) is 51.9 Å². The van der Waals surface area contributed by atoms with E-state index < -0.39 is 0 Å². The largest absolute Gasteiger partial charge is 0.366 e. The van der Waals surface area contributed by atoms with E-state index in [0.717, 1.165) is 35.3 Å². The number of anilines is 1. The second-order valence-corrected chi connectivity index (χ2v) is 7.68. The lowest BCUT2D eigenvalue weighted by molar-refractivity contribution is -0.120. The number of thiophene rings is 1. The molecule has 0 N–H and O–H groups in total. The average molecular weight is 403 g/mol. The van der Waals surface area contributed by atoms with Crippen LogP contribution in [0.2, 0.25) is 0 Å². The van der Waals surface area contributed by atoms with Crippen molar-refractivity contribution in [3.05, 3.63) is 56.8 Å². The van der Waals surface area contributed by atoms with Crippen LogP contribution in [0.3, 0.4) is 0 Å². The molecule has 0 aliphatic carbocycles. The summed E-state index contributed by atoms with van der Waals surface area (Å²) in [4.78, 5) is 30.4. The van der Waals surface area contributed by atoms with E-state index in [1.165, 1.54) is 16.2 Å². The Hall–Kier alpha value is -1.92. The first-order valence-electron chi connectivity index (χ1n) is 7.84. The van der Waals surface area contributed by atoms with Crippen molar-refractivity contribution in [2.45, 2.75) is 12.8 Å². The number of amides is 2. The van der Waals surface area contributed by atoms with Gasteiger partial charge < -0.3 is 4.90 Å². The van der Waals surface area contributed by atoms with E-state index in [-0.39, 0.29) is 11.8 Å². The van der Waals surface area contributed by atoms with Gasteiger partial charge in [-0.2, -0.15) is 0 Å². The van der Waals surface area contributed by atoms with Gasteiger partial charge in [0.2, 0.25) is 0 Å². The highest BCUT2D eigenvalue weighted by molar-refractivity contribution is 9.10. The Morgan fingerprint density at radius 1 is 1.00 bits per heavy atom. The highest BCUT2D eigenvalue weighted by Gasteiger charge is 2.43. The number of likely N-dealkylation sites (tertiary alicyclic amines) is 1. The molecule has 2 aliphatic rings. The van der Waals surface area contributed by atoms with Crippen LogP contribution in [-0.4, -0.2) is 29.8 Å². The predicted molar refractivity (Wildman–Crippen MR) is 98.7 cm³/mol. The number of imide groups is 1. The summed E-state index contributed by atoms with van der Waals surface area (Å²) in [5, 5.41) is 1.93. The molecule has 0 bridgehead atoms. The highest BCUT2D eigenvalue weighted by Crippen LogP contribution is 2.37. The van der Waals surface area contributed by atoms with Crippen LogP contribution in [0.4, 0.5) is 5.69 Å². The zero-order chi connectivity index (χ0) is 16.7. The monoisotopic (exact) mass is 402 g/mol. The van der Waals surface area contributed by atoms with E-state index >= 15 is 0 Å². The van der Waals surface area contributed by atoms with E-state index in [4.69, 9.17) is 0 Å². The highest BCUT2D eigenvalue weighted by atomic mass is 79.9. The van der Waals surface area contributed by atoms with Crippen molar-refractivity contribution >= 4 is 50.3 Å². The molecule has 6 heteroatoms. The van der Waals surface area contributed by atoms with Gasteiger partial charge in [0.15, 0.2) is 0 Å². The first-order chi connectivity index (χ1) is 11.7. The number of hydrogen-bond donors (Lipinski definition) is 0. The minimum absolute atomic E-state index is 0.219. The van der Waals surface area contributed by atoms with Crippen LogP contribution in [0, 0.1) is 0 Å². The van der Waals surface area contributed by atoms with Crippen LogP contribution in [-0.2, 0) is 9.59 Å². The summed E-state index contributed by atoms with van der Waals surface area (Å²) in [7, 11) is 0. The summed E-state index contributed by atoms with van der Waals surface area (Å²) in [6.45, 7) is 1.66. The molecule has 4 rings (SSSR count). The number of nitrogens with zero attached hydrogens (tertiary/aromatic N) is 2. The molecule has 122 valence electrons. The normalized spacial score (nSPS) is 18.2. The van der Waals surface area contributed by atoms with Gasteiger partial charge in [-0.05, 0) is 42.5 Å². The molecule has 1 saturated heterocycles. The molecule has 2 amide bonds. The van der Waals surface area contributed by atoms with Gasteiger partial charge in [-0.25, -0.2) is 4.90 Å². The number of benzene rings is 1. The zero-order valence-corrected chi connectivity index (χ0v) is 15.3. The number of hydrogen-bond acceptors (Lipinski definition) is 4. The Morgan fingerprint density at radius 2 is 1.79 bits per heavy atom. The van der Waals surface area contributed by atoms with Crippen molar-refractivity contribution in [3.63, 3.8) is 0 Å². The van der Waals surface area contributed by atoms with Gasteiger partial charge in [0.05, 0.1) is 11.3 Å². The van der Waals surface area contributed by atoms with Crippen LogP contribution < -0.4 is 4.90 Å².